The van der Waals surface area contributed by atoms with Crippen molar-refractivity contribution in [3.8, 4) is 11.1 Å². The Bertz CT molecular complexity index is 2190. The van der Waals surface area contributed by atoms with Gasteiger partial charge in [0, 0.05) is 42.7 Å². The number of carbonyl (C=O) groups is 1. The van der Waals surface area contributed by atoms with E-state index >= 15 is 0 Å². The Balaban J connectivity index is 1.08. The summed E-state index contributed by atoms with van der Waals surface area (Å²) in [6.07, 6.45) is -0.264. The minimum absolute atomic E-state index is 0.0653. The second-order valence-electron chi connectivity index (χ2n) is 14.6. The SMILES string of the molecule is C[C@@H]1[C@H](CN2CCC(O)(c3ccc(Cl)cc3)CC2)O[C@H](c2ccc(-c3ccccc3CNC(=O)c3c(F)c(F)c(F)c(F)c3F)cc2)O[C@@H]1c1ccc(CO)cc1. The van der Waals surface area contributed by atoms with Crippen LogP contribution in [0.2, 0.25) is 5.02 Å². The lowest BCUT2D eigenvalue weighted by molar-refractivity contribution is -0.277. The van der Waals surface area contributed by atoms with Gasteiger partial charge in [0.25, 0.3) is 5.91 Å². The van der Waals surface area contributed by atoms with Crippen LogP contribution in [0, 0.1) is 35.0 Å². The molecule has 57 heavy (non-hydrogen) atoms. The number of carbonyl (C=O) groups excluding carboxylic acids is 1. The monoisotopic (exact) mass is 806 g/mol. The summed E-state index contributed by atoms with van der Waals surface area (Å²) in [4.78, 5) is 15.0. The first-order valence-corrected chi connectivity index (χ1v) is 18.9. The van der Waals surface area contributed by atoms with Crippen molar-refractivity contribution in [1.29, 1.82) is 0 Å². The molecule has 0 unspecified atom stereocenters. The number of aliphatic hydroxyl groups is 2. The third-order valence-electron chi connectivity index (χ3n) is 11.0. The van der Waals surface area contributed by atoms with E-state index in [4.69, 9.17) is 21.1 Å². The van der Waals surface area contributed by atoms with Gasteiger partial charge in [-0.2, -0.15) is 0 Å². The predicted octanol–water partition coefficient (Wildman–Crippen LogP) is 8.90. The molecule has 4 atom stereocenters. The van der Waals surface area contributed by atoms with Crippen LogP contribution in [-0.4, -0.2) is 46.8 Å². The molecule has 7 rings (SSSR count). The van der Waals surface area contributed by atoms with Crippen molar-refractivity contribution in [2.24, 2.45) is 5.92 Å². The molecular weight excluding hydrogens is 767 g/mol. The first-order chi connectivity index (χ1) is 27.4. The third kappa shape index (κ3) is 8.48. The van der Waals surface area contributed by atoms with Crippen LogP contribution in [-0.2, 0) is 28.2 Å². The van der Waals surface area contributed by atoms with Crippen molar-refractivity contribution >= 4 is 17.5 Å². The summed E-state index contributed by atoms with van der Waals surface area (Å²) in [6, 6.07) is 29.2. The van der Waals surface area contributed by atoms with E-state index in [0.717, 1.165) is 27.8 Å². The summed E-state index contributed by atoms with van der Waals surface area (Å²) in [5.41, 5.74) is 2.68. The molecule has 1 amide bonds. The van der Waals surface area contributed by atoms with Crippen LogP contribution in [0.3, 0.4) is 0 Å². The van der Waals surface area contributed by atoms with Gasteiger partial charge in [0.05, 0.1) is 24.4 Å². The van der Waals surface area contributed by atoms with Crippen molar-refractivity contribution in [1.82, 2.24) is 10.2 Å². The largest absolute Gasteiger partial charge is 0.392 e. The van der Waals surface area contributed by atoms with Gasteiger partial charge in [-0.3, -0.25) is 4.79 Å². The topological polar surface area (TPSA) is 91.3 Å². The third-order valence-corrected chi connectivity index (χ3v) is 11.3. The molecule has 2 aliphatic heterocycles. The maximum absolute atomic E-state index is 14.3. The van der Waals surface area contributed by atoms with Gasteiger partial charge < -0.3 is 29.9 Å². The van der Waals surface area contributed by atoms with Gasteiger partial charge in [-0.05, 0) is 58.4 Å². The van der Waals surface area contributed by atoms with Crippen LogP contribution in [0.25, 0.3) is 11.1 Å². The van der Waals surface area contributed by atoms with E-state index in [2.05, 4.69) is 17.1 Å². The number of ether oxygens (including phenoxy) is 2. The zero-order valence-electron chi connectivity index (χ0n) is 30.8. The van der Waals surface area contributed by atoms with Crippen molar-refractivity contribution in [2.75, 3.05) is 19.6 Å². The molecule has 0 spiro atoms. The second kappa shape index (κ2) is 17.0. The minimum atomic E-state index is -2.34. The van der Waals surface area contributed by atoms with Crippen molar-refractivity contribution in [3.05, 3.63) is 165 Å². The van der Waals surface area contributed by atoms with E-state index in [1.807, 2.05) is 60.7 Å². The van der Waals surface area contributed by atoms with Crippen LogP contribution in [0.1, 0.15) is 70.3 Å². The van der Waals surface area contributed by atoms with Crippen LogP contribution >= 0.6 is 11.6 Å². The lowest BCUT2D eigenvalue weighted by Gasteiger charge is -2.45. The number of aliphatic hydroxyl groups excluding tert-OH is 1. The van der Waals surface area contributed by atoms with E-state index in [9.17, 15) is 37.0 Å². The Morgan fingerprint density at radius 2 is 1.40 bits per heavy atom. The summed E-state index contributed by atoms with van der Waals surface area (Å²) < 4.78 is 83.0. The number of hydrogen-bond donors (Lipinski definition) is 3. The van der Waals surface area contributed by atoms with Crippen LogP contribution in [0.5, 0.6) is 0 Å². The van der Waals surface area contributed by atoms with E-state index in [1.165, 1.54) is 0 Å². The molecule has 0 aromatic heterocycles. The first-order valence-electron chi connectivity index (χ1n) is 18.6. The van der Waals surface area contributed by atoms with Gasteiger partial charge in [0.2, 0.25) is 5.82 Å². The summed E-state index contributed by atoms with van der Waals surface area (Å²) in [5.74, 6) is -12.7. The number of rotatable bonds is 10. The standard InChI is InChI=1S/C44H40ClF5N2O5/c1-25-34(23-52-20-18-44(55,19-21-52)31-14-16-32(45)17-15-31)56-43(57-41(25)28-8-6-26(24-53)7-9-28)29-12-10-27(11-13-29)33-5-3-2-4-30(33)22-51-42(54)35-36(46)38(48)40(50)39(49)37(35)47/h2-17,25,34,41,43,53,55H,18-24H2,1H3,(H,51,54)/t25-,34+,41+,43+/m1/s1. The van der Waals surface area contributed by atoms with Crippen molar-refractivity contribution in [2.45, 2.75) is 57.0 Å². The Morgan fingerprint density at radius 1 is 0.807 bits per heavy atom. The summed E-state index contributed by atoms with van der Waals surface area (Å²) >= 11 is 6.09. The van der Waals surface area contributed by atoms with Crippen molar-refractivity contribution in [3.63, 3.8) is 0 Å². The molecule has 2 aliphatic rings. The molecule has 0 bridgehead atoms. The maximum Gasteiger partial charge on any atom is 0.257 e. The second-order valence-corrected chi connectivity index (χ2v) is 15.0. The Hall–Kier alpha value is -4.69. The number of benzene rings is 5. The van der Waals surface area contributed by atoms with Gasteiger partial charge in [0.15, 0.2) is 29.6 Å². The minimum Gasteiger partial charge on any atom is -0.392 e. The molecule has 298 valence electrons. The average molecular weight is 807 g/mol. The van der Waals surface area contributed by atoms with E-state index in [0.29, 0.717) is 48.6 Å². The first kappa shape index (κ1) is 40.5. The number of nitrogens with zero attached hydrogens (tertiary/aromatic N) is 1. The molecule has 2 saturated heterocycles. The fourth-order valence-corrected chi connectivity index (χ4v) is 7.71. The molecule has 3 N–H and O–H groups in total. The quantitative estimate of drug-likeness (QED) is 0.0743. The number of nitrogens with one attached hydrogen (secondary N) is 1. The van der Waals surface area contributed by atoms with Gasteiger partial charge in [-0.1, -0.05) is 103 Å². The number of hydrogen-bond acceptors (Lipinski definition) is 6. The number of amides is 1. The molecule has 2 fully saturated rings. The van der Waals surface area contributed by atoms with Gasteiger partial charge in [-0.15, -0.1) is 0 Å². The molecule has 13 heteroatoms. The van der Waals surface area contributed by atoms with Gasteiger partial charge >= 0.3 is 0 Å². The molecule has 5 aromatic carbocycles. The molecular formula is C44H40ClF5N2O5. The zero-order chi connectivity index (χ0) is 40.4. The summed E-state index contributed by atoms with van der Waals surface area (Å²) in [7, 11) is 0. The maximum atomic E-state index is 14.3. The molecule has 2 heterocycles. The highest BCUT2D eigenvalue weighted by Crippen LogP contribution is 2.43. The zero-order valence-corrected chi connectivity index (χ0v) is 31.6. The predicted molar refractivity (Wildman–Crippen MR) is 203 cm³/mol. The van der Waals surface area contributed by atoms with Crippen LogP contribution in [0.4, 0.5) is 22.0 Å². The Morgan fingerprint density at radius 3 is 2.04 bits per heavy atom. The Kier molecular flexibility index (Phi) is 12.1. The normalized spacial score (nSPS) is 21.0. The number of likely N-dealkylation sites (tertiary alicyclic amines) is 1. The van der Waals surface area contributed by atoms with Gasteiger partial charge in [-0.25, -0.2) is 22.0 Å². The molecule has 0 aliphatic carbocycles. The molecule has 0 radical (unpaired) electrons. The summed E-state index contributed by atoms with van der Waals surface area (Å²) in [6.45, 7) is 3.65. The van der Waals surface area contributed by atoms with E-state index in [-0.39, 0.29) is 31.3 Å². The van der Waals surface area contributed by atoms with E-state index in [1.54, 1.807) is 36.4 Å². The smallest absolute Gasteiger partial charge is 0.257 e. The highest BCUT2D eigenvalue weighted by Gasteiger charge is 2.41. The van der Waals surface area contributed by atoms with Gasteiger partial charge in [0.1, 0.15) is 5.56 Å². The summed E-state index contributed by atoms with van der Waals surface area (Å²) in [5, 5.41) is 24.0. The van der Waals surface area contributed by atoms with Crippen LogP contribution < -0.4 is 5.32 Å². The number of piperidine rings is 1. The molecule has 5 aromatic rings. The molecule has 0 saturated carbocycles. The van der Waals surface area contributed by atoms with Crippen LogP contribution in [0.15, 0.2) is 97.1 Å². The number of halogens is 6. The lowest BCUT2D eigenvalue weighted by atomic mass is 9.84. The Labute approximate surface area is 331 Å². The highest BCUT2D eigenvalue weighted by molar-refractivity contribution is 6.30. The fraction of sp³-hybridized carbons (Fsp3) is 0.295. The van der Waals surface area contributed by atoms with E-state index < -0.39 is 52.4 Å². The average Bonchev–Trinajstić information content (AvgIpc) is 3.23. The van der Waals surface area contributed by atoms with Crippen molar-refractivity contribution < 1.29 is 46.4 Å². The fourth-order valence-electron chi connectivity index (χ4n) is 7.58. The lowest BCUT2D eigenvalue weighted by Crippen LogP contribution is -2.49. The molecule has 7 nitrogen and oxygen atoms in total. The highest BCUT2D eigenvalue weighted by atomic mass is 35.5.